The number of fused-ring (bicyclic) bond motifs is 1. The van der Waals surface area contributed by atoms with Crippen LogP contribution in [0.1, 0.15) is 39.5 Å². The lowest BCUT2D eigenvalue weighted by Crippen LogP contribution is -2.61. The average molecular weight is 168 g/mol. The SMILES string of the molecule is CC(=O)[C@@H]1C[C@@]2(C)CCC[C@@]12O. The zero-order valence-corrected chi connectivity index (χ0v) is 7.76. The molecular formula is C10H16O2. The Labute approximate surface area is 73.0 Å². The second-order valence-electron chi connectivity index (χ2n) is 4.71. The average Bonchev–Trinajstić information content (AvgIpc) is 2.16. The van der Waals surface area contributed by atoms with E-state index in [2.05, 4.69) is 6.92 Å². The minimum absolute atomic E-state index is 0.0589. The molecule has 0 unspecified atom stereocenters. The van der Waals surface area contributed by atoms with Gasteiger partial charge in [-0.05, 0) is 38.0 Å². The number of hydrogen-bond acceptors (Lipinski definition) is 2. The Balaban J connectivity index is 2.24. The first-order valence-corrected chi connectivity index (χ1v) is 4.72. The Morgan fingerprint density at radius 3 is 2.67 bits per heavy atom. The maximum absolute atomic E-state index is 11.2. The number of ketones is 1. The van der Waals surface area contributed by atoms with Crippen molar-refractivity contribution in [1.82, 2.24) is 0 Å². The van der Waals surface area contributed by atoms with Crippen molar-refractivity contribution in [1.29, 1.82) is 0 Å². The first-order chi connectivity index (χ1) is 5.50. The molecule has 2 fully saturated rings. The zero-order chi connectivity index (χ0) is 8.98. The largest absolute Gasteiger partial charge is 0.389 e. The summed E-state index contributed by atoms with van der Waals surface area (Å²) in [7, 11) is 0. The van der Waals surface area contributed by atoms with Gasteiger partial charge in [-0.3, -0.25) is 4.79 Å². The van der Waals surface area contributed by atoms with Gasteiger partial charge in [0.15, 0.2) is 0 Å². The van der Waals surface area contributed by atoms with E-state index in [1.807, 2.05) is 0 Å². The van der Waals surface area contributed by atoms with E-state index in [1.165, 1.54) is 0 Å². The Kier molecular flexibility index (Phi) is 1.45. The molecule has 2 rings (SSSR count). The van der Waals surface area contributed by atoms with Crippen LogP contribution in [0.3, 0.4) is 0 Å². The molecule has 0 saturated heterocycles. The van der Waals surface area contributed by atoms with Crippen LogP contribution in [0.4, 0.5) is 0 Å². The molecule has 0 heterocycles. The predicted octanol–water partition coefficient (Wildman–Crippen LogP) is 1.52. The lowest BCUT2D eigenvalue weighted by atomic mass is 9.52. The highest BCUT2D eigenvalue weighted by molar-refractivity contribution is 5.81. The second kappa shape index (κ2) is 2.11. The maximum atomic E-state index is 11.2. The molecule has 0 aromatic rings. The molecule has 0 radical (unpaired) electrons. The minimum atomic E-state index is -0.640. The Morgan fingerprint density at radius 1 is 1.50 bits per heavy atom. The summed E-state index contributed by atoms with van der Waals surface area (Å²) in [5, 5.41) is 10.2. The summed E-state index contributed by atoms with van der Waals surface area (Å²) in [6, 6.07) is 0. The molecule has 0 aromatic carbocycles. The molecule has 2 aliphatic rings. The molecule has 1 N–H and O–H groups in total. The number of aliphatic hydroxyl groups is 1. The molecule has 2 heteroatoms. The fourth-order valence-corrected chi connectivity index (χ4v) is 3.11. The third-order valence-corrected chi connectivity index (χ3v) is 4.05. The van der Waals surface area contributed by atoms with Gasteiger partial charge in [-0.2, -0.15) is 0 Å². The summed E-state index contributed by atoms with van der Waals surface area (Å²) >= 11 is 0. The summed E-state index contributed by atoms with van der Waals surface area (Å²) in [5.74, 6) is 0.0990. The van der Waals surface area contributed by atoms with E-state index >= 15 is 0 Å². The van der Waals surface area contributed by atoms with Crippen molar-refractivity contribution in [2.45, 2.75) is 45.1 Å². The van der Waals surface area contributed by atoms with Crippen LogP contribution >= 0.6 is 0 Å². The van der Waals surface area contributed by atoms with Crippen LogP contribution in [0.25, 0.3) is 0 Å². The van der Waals surface area contributed by atoms with Crippen molar-refractivity contribution in [2.75, 3.05) is 0 Å². The summed E-state index contributed by atoms with van der Waals surface area (Å²) in [6.07, 6.45) is 3.90. The van der Waals surface area contributed by atoms with E-state index in [-0.39, 0.29) is 17.1 Å². The topological polar surface area (TPSA) is 37.3 Å². The van der Waals surface area contributed by atoms with Gasteiger partial charge >= 0.3 is 0 Å². The van der Waals surface area contributed by atoms with Gasteiger partial charge in [-0.1, -0.05) is 6.92 Å². The third kappa shape index (κ3) is 0.717. The van der Waals surface area contributed by atoms with Crippen LogP contribution < -0.4 is 0 Å². The molecular weight excluding hydrogens is 152 g/mol. The van der Waals surface area contributed by atoms with Crippen LogP contribution in [-0.2, 0) is 4.79 Å². The summed E-state index contributed by atoms with van der Waals surface area (Å²) in [6.45, 7) is 3.71. The molecule has 0 spiro atoms. The number of hydrogen-bond donors (Lipinski definition) is 1. The number of rotatable bonds is 1. The second-order valence-corrected chi connectivity index (χ2v) is 4.71. The summed E-state index contributed by atoms with van der Waals surface area (Å²) in [5.41, 5.74) is -0.581. The molecule has 0 bridgehead atoms. The summed E-state index contributed by atoms with van der Waals surface area (Å²) in [4.78, 5) is 11.2. The van der Waals surface area contributed by atoms with Gasteiger partial charge in [0.1, 0.15) is 5.78 Å². The van der Waals surface area contributed by atoms with Crippen LogP contribution in [0.5, 0.6) is 0 Å². The van der Waals surface area contributed by atoms with E-state index in [4.69, 9.17) is 0 Å². The Hall–Kier alpha value is -0.370. The van der Waals surface area contributed by atoms with Crippen molar-refractivity contribution in [3.63, 3.8) is 0 Å². The lowest BCUT2D eigenvalue weighted by molar-refractivity contribution is -0.191. The quantitative estimate of drug-likeness (QED) is 0.644. The first-order valence-electron chi connectivity index (χ1n) is 4.72. The molecule has 0 amide bonds. The normalized spacial score (nSPS) is 51.4. The van der Waals surface area contributed by atoms with Crippen LogP contribution in [0, 0.1) is 11.3 Å². The molecule has 12 heavy (non-hydrogen) atoms. The Bertz CT molecular complexity index is 236. The minimum Gasteiger partial charge on any atom is -0.389 e. The van der Waals surface area contributed by atoms with E-state index < -0.39 is 5.60 Å². The van der Waals surface area contributed by atoms with Gasteiger partial charge in [-0.25, -0.2) is 0 Å². The van der Waals surface area contributed by atoms with E-state index in [0.717, 1.165) is 25.7 Å². The highest BCUT2D eigenvalue weighted by Crippen LogP contribution is 2.63. The molecule has 2 aliphatic carbocycles. The van der Waals surface area contributed by atoms with Gasteiger partial charge in [0.25, 0.3) is 0 Å². The van der Waals surface area contributed by atoms with Gasteiger partial charge in [-0.15, -0.1) is 0 Å². The number of carbonyl (C=O) groups is 1. The van der Waals surface area contributed by atoms with Crippen LogP contribution in [-0.4, -0.2) is 16.5 Å². The standard InChI is InChI=1S/C10H16O2/c1-7(11)8-6-9(2)4-3-5-10(8,9)12/h8,12H,3-6H2,1-2H3/t8-,9+,10+/m0/s1. The van der Waals surface area contributed by atoms with Crippen LogP contribution in [0.2, 0.25) is 0 Å². The molecule has 0 aromatic heterocycles. The molecule has 3 atom stereocenters. The van der Waals surface area contributed by atoms with E-state index in [1.54, 1.807) is 6.92 Å². The zero-order valence-electron chi connectivity index (χ0n) is 7.76. The van der Waals surface area contributed by atoms with Gasteiger partial charge in [0.2, 0.25) is 0 Å². The van der Waals surface area contributed by atoms with Gasteiger partial charge in [0, 0.05) is 5.92 Å². The molecule has 2 saturated carbocycles. The smallest absolute Gasteiger partial charge is 0.135 e. The third-order valence-electron chi connectivity index (χ3n) is 4.05. The molecule has 2 nitrogen and oxygen atoms in total. The van der Waals surface area contributed by atoms with Crippen molar-refractivity contribution < 1.29 is 9.90 Å². The van der Waals surface area contributed by atoms with Crippen molar-refractivity contribution >= 4 is 5.78 Å². The van der Waals surface area contributed by atoms with Gasteiger partial charge in [0.05, 0.1) is 5.60 Å². The molecule has 68 valence electrons. The predicted molar refractivity (Wildman–Crippen MR) is 45.7 cm³/mol. The fourth-order valence-electron chi connectivity index (χ4n) is 3.11. The molecule has 0 aliphatic heterocycles. The number of Topliss-reactive ketones (excluding diaryl/α,β-unsaturated/α-hetero) is 1. The van der Waals surface area contributed by atoms with Crippen molar-refractivity contribution in [3.05, 3.63) is 0 Å². The first kappa shape index (κ1) is 8.24. The monoisotopic (exact) mass is 168 g/mol. The fraction of sp³-hybridized carbons (Fsp3) is 0.900. The van der Waals surface area contributed by atoms with Crippen molar-refractivity contribution in [3.8, 4) is 0 Å². The highest BCUT2D eigenvalue weighted by Gasteiger charge is 2.65. The van der Waals surface area contributed by atoms with Crippen molar-refractivity contribution in [2.24, 2.45) is 11.3 Å². The maximum Gasteiger partial charge on any atom is 0.135 e. The Morgan fingerprint density at radius 2 is 2.17 bits per heavy atom. The van der Waals surface area contributed by atoms with E-state index in [0.29, 0.717) is 0 Å². The van der Waals surface area contributed by atoms with Gasteiger partial charge < -0.3 is 5.11 Å². The summed E-state index contributed by atoms with van der Waals surface area (Å²) < 4.78 is 0. The van der Waals surface area contributed by atoms with E-state index in [9.17, 15) is 9.90 Å². The lowest BCUT2D eigenvalue weighted by Gasteiger charge is -2.55. The van der Waals surface area contributed by atoms with Crippen LogP contribution in [0.15, 0.2) is 0 Å². The highest BCUT2D eigenvalue weighted by atomic mass is 16.3. The number of carbonyl (C=O) groups excluding carboxylic acids is 1.